The van der Waals surface area contributed by atoms with Crippen LogP contribution in [0.25, 0.3) is 0 Å². The topological polar surface area (TPSA) is 0 Å². The Bertz CT molecular complexity index is 477. The molecule has 0 saturated heterocycles. The first-order valence-electron chi connectivity index (χ1n) is 6.02. The van der Waals surface area contributed by atoms with Crippen LogP contribution in [0.5, 0.6) is 0 Å². The van der Waals surface area contributed by atoms with Gasteiger partial charge in [-0.3, -0.25) is 0 Å². The van der Waals surface area contributed by atoms with Crippen LogP contribution in [0.2, 0.25) is 0 Å². The zero-order valence-electron chi connectivity index (χ0n) is 10.6. The Labute approximate surface area is 118 Å². The molecule has 0 atom stereocenters. The van der Waals surface area contributed by atoms with Crippen LogP contribution < -0.4 is 10.6 Å². The molecule has 2 aromatic carbocycles. The van der Waals surface area contributed by atoms with Gasteiger partial charge >= 0.3 is 119 Å². The second kappa shape index (κ2) is 4.85. The van der Waals surface area contributed by atoms with Gasteiger partial charge in [0.15, 0.2) is 0 Å². The van der Waals surface area contributed by atoms with E-state index in [1.54, 1.807) is 0 Å². The molecule has 3 heteroatoms. The molecule has 0 amide bonds. The van der Waals surface area contributed by atoms with Gasteiger partial charge in [0.25, 0.3) is 0 Å². The SMILES string of the molecule is CC(C)P(Cl)(Cl)(c1ccccc1)c1ccccc1. The molecule has 2 rings (SSSR count). The van der Waals surface area contributed by atoms with E-state index in [2.05, 4.69) is 13.8 Å². The number of halogens is 2. The number of hydrogen-bond acceptors (Lipinski definition) is 0. The molecule has 0 spiro atoms. The summed E-state index contributed by atoms with van der Waals surface area (Å²) in [4.78, 5) is 0. The van der Waals surface area contributed by atoms with Crippen LogP contribution in [-0.4, -0.2) is 5.66 Å². The van der Waals surface area contributed by atoms with Crippen molar-refractivity contribution in [3.63, 3.8) is 0 Å². The van der Waals surface area contributed by atoms with Crippen molar-refractivity contribution in [2.45, 2.75) is 19.5 Å². The molecule has 0 aliphatic rings. The van der Waals surface area contributed by atoms with Crippen molar-refractivity contribution in [3.8, 4) is 0 Å². The minimum absolute atomic E-state index is 0.170. The summed E-state index contributed by atoms with van der Waals surface area (Å²) in [5, 5.41) is -1.05. The predicted molar refractivity (Wildman–Crippen MR) is 85.9 cm³/mol. The van der Waals surface area contributed by atoms with Crippen LogP contribution in [0, 0.1) is 0 Å². The van der Waals surface area contributed by atoms with E-state index >= 15 is 0 Å². The molecule has 0 nitrogen and oxygen atoms in total. The van der Waals surface area contributed by atoms with E-state index in [1.165, 1.54) is 0 Å². The van der Waals surface area contributed by atoms with Gasteiger partial charge in [-0.05, 0) is 0 Å². The maximum atomic E-state index is 7.08. The summed E-state index contributed by atoms with van der Waals surface area (Å²) in [6.45, 7) is 4.19. The Hall–Kier alpha value is -0.550. The number of benzene rings is 2. The van der Waals surface area contributed by atoms with Crippen LogP contribution in [0.4, 0.5) is 0 Å². The van der Waals surface area contributed by atoms with Crippen molar-refractivity contribution >= 4 is 38.4 Å². The number of rotatable bonds is 3. The van der Waals surface area contributed by atoms with Crippen molar-refractivity contribution in [3.05, 3.63) is 60.7 Å². The molecule has 0 N–H and O–H groups in total. The summed E-state index contributed by atoms with van der Waals surface area (Å²) in [6.07, 6.45) is 0. The van der Waals surface area contributed by atoms with Crippen LogP contribution in [-0.2, 0) is 0 Å². The second-order valence-corrected chi connectivity index (χ2v) is 13.5. The monoisotopic (exact) mass is 298 g/mol. The number of hydrogen-bond donors (Lipinski definition) is 0. The van der Waals surface area contributed by atoms with Gasteiger partial charge in [-0.15, -0.1) is 0 Å². The van der Waals surface area contributed by atoms with Gasteiger partial charge in [-0.25, -0.2) is 0 Å². The summed E-state index contributed by atoms with van der Waals surface area (Å²) < 4.78 is 0. The molecule has 0 aliphatic heterocycles. The van der Waals surface area contributed by atoms with E-state index in [0.29, 0.717) is 0 Å². The normalized spacial score (nSPS) is 14.2. The van der Waals surface area contributed by atoms with Crippen molar-refractivity contribution in [2.24, 2.45) is 0 Å². The quantitative estimate of drug-likeness (QED) is 0.707. The Morgan fingerprint density at radius 2 is 1.06 bits per heavy atom. The first kappa shape index (κ1) is 13.9. The third kappa shape index (κ3) is 2.07. The molecule has 0 aliphatic carbocycles. The fourth-order valence-corrected chi connectivity index (χ4v) is 6.43. The summed E-state index contributed by atoms with van der Waals surface area (Å²) in [6, 6.07) is 20.1. The van der Waals surface area contributed by atoms with Gasteiger partial charge in [-0.2, -0.15) is 0 Å². The molecule has 96 valence electrons. The maximum absolute atomic E-state index is 7.08. The Kier molecular flexibility index (Phi) is 3.74. The minimum atomic E-state index is -3.12. The molecular weight excluding hydrogens is 282 g/mol. The van der Waals surface area contributed by atoms with E-state index in [-0.39, 0.29) is 5.66 Å². The summed E-state index contributed by atoms with van der Waals surface area (Å²) >= 11 is 14.2. The molecular formula is C15H17Cl2P. The van der Waals surface area contributed by atoms with Crippen LogP contribution in [0.1, 0.15) is 13.8 Å². The molecule has 0 unspecified atom stereocenters. The summed E-state index contributed by atoms with van der Waals surface area (Å²) in [7, 11) is 0. The van der Waals surface area contributed by atoms with Gasteiger partial charge in [-0.1, -0.05) is 0 Å². The van der Waals surface area contributed by atoms with Gasteiger partial charge in [0.05, 0.1) is 0 Å². The van der Waals surface area contributed by atoms with Gasteiger partial charge in [0, 0.05) is 0 Å². The predicted octanol–water partition coefficient (Wildman–Crippen LogP) is 4.91. The van der Waals surface area contributed by atoms with E-state index in [9.17, 15) is 0 Å². The third-order valence-electron chi connectivity index (χ3n) is 3.37. The van der Waals surface area contributed by atoms with E-state index < -0.39 is 5.31 Å². The first-order valence-corrected chi connectivity index (χ1v) is 10.1. The first-order chi connectivity index (χ1) is 8.46. The molecule has 0 saturated carbocycles. The molecule has 0 bridgehead atoms. The molecule has 18 heavy (non-hydrogen) atoms. The molecule has 0 heterocycles. The van der Waals surface area contributed by atoms with E-state index in [0.717, 1.165) is 10.6 Å². The molecule has 0 aromatic heterocycles. The standard InChI is InChI=1S/C15H17Cl2P/c1-13(2)18(16,17,14-9-5-3-6-10-14)15-11-7-4-8-12-15/h3-13H,1-2H3. The Morgan fingerprint density at radius 1 is 0.722 bits per heavy atom. The Morgan fingerprint density at radius 3 is 1.33 bits per heavy atom. The van der Waals surface area contributed by atoms with Gasteiger partial charge < -0.3 is 0 Å². The Balaban J connectivity index is 2.72. The van der Waals surface area contributed by atoms with Crippen molar-refractivity contribution < 1.29 is 0 Å². The van der Waals surface area contributed by atoms with Crippen molar-refractivity contribution in [1.29, 1.82) is 0 Å². The van der Waals surface area contributed by atoms with Crippen LogP contribution >= 0.6 is 27.8 Å². The summed E-state index contributed by atoms with van der Waals surface area (Å²) in [5.41, 5.74) is 0.170. The molecule has 0 fully saturated rings. The second-order valence-electron chi connectivity index (χ2n) is 4.73. The zero-order valence-corrected chi connectivity index (χ0v) is 13.0. The van der Waals surface area contributed by atoms with E-state index in [4.69, 9.17) is 22.5 Å². The fourth-order valence-electron chi connectivity index (χ4n) is 2.15. The van der Waals surface area contributed by atoms with Gasteiger partial charge in [0.1, 0.15) is 0 Å². The average Bonchev–Trinajstić information content (AvgIpc) is 2.41. The van der Waals surface area contributed by atoms with Crippen LogP contribution in [0.3, 0.4) is 0 Å². The molecule has 2 aromatic rings. The fraction of sp³-hybridized carbons (Fsp3) is 0.200. The third-order valence-corrected chi connectivity index (χ3v) is 12.4. The van der Waals surface area contributed by atoms with Crippen molar-refractivity contribution in [2.75, 3.05) is 0 Å². The van der Waals surface area contributed by atoms with E-state index in [1.807, 2.05) is 60.7 Å². The average molecular weight is 299 g/mol. The summed E-state index contributed by atoms with van der Waals surface area (Å²) in [5.74, 6) is 0. The van der Waals surface area contributed by atoms with Gasteiger partial charge in [0.2, 0.25) is 0 Å². The van der Waals surface area contributed by atoms with Crippen LogP contribution in [0.15, 0.2) is 60.7 Å². The molecule has 0 radical (unpaired) electrons. The van der Waals surface area contributed by atoms with Crippen molar-refractivity contribution in [1.82, 2.24) is 0 Å². The zero-order chi connectivity index (χ0) is 13.3.